The number of amides is 2. The number of ether oxygens (including phenoxy) is 1. The number of aromatic nitrogens is 4. The number of fused-ring (bicyclic) bond motifs is 1. The maximum atomic E-state index is 13.0. The van der Waals surface area contributed by atoms with E-state index in [2.05, 4.69) is 33.0 Å². The number of nitrogens with zero attached hydrogens (tertiary/aromatic N) is 6. The van der Waals surface area contributed by atoms with Gasteiger partial charge < -0.3 is 24.4 Å². The number of carbonyl (C=O) groups is 2. The summed E-state index contributed by atoms with van der Waals surface area (Å²) in [6.07, 6.45) is 6.67. The normalized spacial score (nSPS) is 16.4. The fourth-order valence-electron chi connectivity index (χ4n) is 5.41. The van der Waals surface area contributed by atoms with Crippen LogP contribution in [0.25, 0.3) is 22.3 Å². The Morgan fingerprint density at radius 3 is 2.66 bits per heavy atom. The van der Waals surface area contributed by atoms with Gasteiger partial charge in [0.1, 0.15) is 23.9 Å². The van der Waals surface area contributed by atoms with Crippen LogP contribution in [0.4, 0.5) is 0 Å². The maximum absolute atomic E-state index is 13.0. The van der Waals surface area contributed by atoms with Gasteiger partial charge in [-0.05, 0) is 55.8 Å². The van der Waals surface area contributed by atoms with Crippen LogP contribution < -0.4 is 4.74 Å². The van der Waals surface area contributed by atoms with Crippen molar-refractivity contribution in [2.24, 2.45) is 0 Å². The molecule has 10 heteroatoms. The molecule has 5 heterocycles. The number of benzene rings is 1. The molecule has 2 fully saturated rings. The summed E-state index contributed by atoms with van der Waals surface area (Å²) in [7, 11) is 2.08. The number of likely N-dealkylation sites (N-methyl/N-ethyl adjacent to an activating group) is 1. The zero-order chi connectivity index (χ0) is 28.2. The van der Waals surface area contributed by atoms with Gasteiger partial charge in [-0.3, -0.25) is 14.6 Å². The summed E-state index contributed by atoms with van der Waals surface area (Å²) in [5, 5.41) is 0.994. The number of likely N-dealkylation sites (tertiary alicyclic amines) is 1. The van der Waals surface area contributed by atoms with Crippen molar-refractivity contribution >= 4 is 22.7 Å². The molecule has 1 aromatic carbocycles. The lowest BCUT2D eigenvalue weighted by Gasteiger charge is -2.32. The van der Waals surface area contributed by atoms with Gasteiger partial charge in [-0.15, -0.1) is 0 Å². The smallest absolute Gasteiger partial charge is 0.270 e. The third kappa shape index (κ3) is 6.38. The van der Waals surface area contributed by atoms with Gasteiger partial charge in [0.25, 0.3) is 5.91 Å². The van der Waals surface area contributed by atoms with Crippen LogP contribution in [0.5, 0.6) is 5.75 Å². The first kappa shape index (κ1) is 26.9. The predicted octanol–water partition coefficient (Wildman–Crippen LogP) is 3.39. The zero-order valence-corrected chi connectivity index (χ0v) is 23.4. The molecule has 0 bridgehead atoms. The van der Waals surface area contributed by atoms with Crippen molar-refractivity contribution < 1.29 is 14.3 Å². The Balaban J connectivity index is 1.11. The molecule has 41 heavy (non-hydrogen) atoms. The summed E-state index contributed by atoms with van der Waals surface area (Å²) >= 11 is 0. The molecule has 0 atom stereocenters. The molecule has 0 spiro atoms. The van der Waals surface area contributed by atoms with Crippen LogP contribution in [0.1, 0.15) is 41.1 Å². The molecule has 2 saturated heterocycles. The number of hydrogen-bond donors (Lipinski definition) is 1. The van der Waals surface area contributed by atoms with Crippen molar-refractivity contribution in [3.8, 4) is 17.1 Å². The largest absolute Gasteiger partial charge is 0.492 e. The van der Waals surface area contributed by atoms with Crippen LogP contribution in [-0.2, 0) is 11.2 Å². The lowest BCUT2D eigenvalue weighted by atomic mass is 10.1. The standard InChI is InChI=1S/C31H35N7O3/c1-36-12-14-38(15-13-36)31(40)28-20-23-18-22(5-6-25(23)34-28)19-29-33-10-8-26(35-29)27-21-24(7-9-32-27)41-17-16-37-11-3-2-4-30(37)39/h5-10,18,20-21,34H,2-4,11-17,19H2,1H3. The number of rotatable bonds is 8. The molecule has 0 saturated carbocycles. The Hall–Kier alpha value is -4.31. The number of piperazine rings is 1. The topological polar surface area (TPSA) is 108 Å². The average Bonchev–Trinajstić information content (AvgIpc) is 3.42. The monoisotopic (exact) mass is 553 g/mol. The summed E-state index contributed by atoms with van der Waals surface area (Å²) in [6, 6.07) is 13.6. The Morgan fingerprint density at radius 1 is 0.951 bits per heavy atom. The van der Waals surface area contributed by atoms with E-state index in [0.717, 1.165) is 67.7 Å². The lowest BCUT2D eigenvalue weighted by Crippen LogP contribution is -2.47. The molecule has 0 aliphatic carbocycles. The highest BCUT2D eigenvalue weighted by Gasteiger charge is 2.22. The summed E-state index contributed by atoms with van der Waals surface area (Å²) in [4.78, 5) is 48.1. The first-order chi connectivity index (χ1) is 20.0. The van der Waals surface area contributed by atoms with Gasteiger partial charge in [-0.1, -0.05) is 6.07 Å². The number of carbonyl (C=O) groups excluding carboxylic acids is 2. The molecule has 2 aliphatic rings. The van der Waals surface area contributed by atoms with Crippen molar-refractivity contribution in [1.29, 1.82) is 0 Å². The number of pyridine rings is 1. The maximum Gasteiger partial charge on any atom is 0.270 e. The van der Waals surface area contributed by atoms with Gasteiger partial charge in [-0.2, -0.15) is 0 Å². The minimum Gasteiger partial charge on any atom is -0.492 e. The number of hydrogen-bond acceptors (Lipinski definition) is 7. The Kier molecular flexibility index (Phi) is 7.91. The van der Waals surface area contributed by atoms with Gasteiger partial charge in [0, 0.05) is 74.9 Å². The second-order valence-electron chi connectivity index (χ2n) is 10.8. The molecular formula is C31H35N7O3. The summed E-state index contributed by atoms with van der Waals surface area (Å²) in [6.45, 7) is 5.10. The minimum atomic E-state index is 0.0468. The summed E-state index contributed by atoms with van der Waals surface area (Å²) in [5.74, 6) is 1.63. The molecule has 6 rings (SSSR count). The SMILES string of the molecule is CN1CCN(C(=O)c2cc3cc(Cc4nccc(-c5cc(OCCN6CCCCC6=O)ccn5)n4)ccc3[nH]2)CC1. The lowest BCUT2D eigenvalue weighted by molar-refractivity contribution is -0.133. The van der Waals surface area contributed by atoms with E-state index in [4.69, 9.17) is 9.72 Å². The van der Waals surface area contributed by atoms with E-state index in [9.17, 15) is 9.59 Å². The van der Waals surface area contributed by atoms with Gasteiger partial charge in [0.2, 0.25) is 5.91 Å². The number of aromatic amines is 1. The van der Waals surface area contributed by atoms with Crippen molar-refractivity contribution in [3.05, 3.63) is 71.9 Å². The van der Waals surface area contributed by atoms with E-state index in [-0.39, 0.29) is 11.8 Å². The third-order valence-corrected chi connectivity index (χ3v) is 7.82. The highest BCUT2D eigenvalue weighted by atomic mass is 16.5. The summed E-state index contributed by atoms with van der Waals surface area (Å²) in [5.41, 5.74) is 4.04. The second-order valence-corrected chi connectivity index (χ2v) is 10.8. The molecule has 0 unspecified atom stereocenters. The van der Waals surface area contributed by atoms with Crippen LogP contribution in [0, 0.1) is 0 Å². The minimum absolute atomic E-state index is 0.0468. The van der Waals surface area contributed by atoms with E-state index < -0.39 is 0 Å². The summed E-state index contributed by atoms with van der Waals surface area (Å²) < 4.78 is 5.94. The average molecular weight is 554 g/mol. The van der Waals surface area contributed by atoms with Crippen molar-refractivity contribution in [2.75, 3.05) is 52.9 Å². The molecule has 10 nitrogen and oxygen atoms in total. The Morgan fingerprint density at radius 2 is 1.80 bits per heavy atom. The van der Waals surface area contributed by atoms with E-state index in [1.807, 2.05) is 46.2 Å². The van der Waals surface area contributed by atoms with Crippen molar-refractivity contribution in [3.63, 3.8) is 0 Å². The molecule has 2 aliphatic heterocycles. The Labute approximate surface area is 239 Å². The fourth-order valence-corrected chi connectivity index (χ4v) is 5.41. The Bertz CT molecular complexity index is 1540. The quantitative estimate of drug-likeness (QED) is 0.356. The molecule has 212 valence electrons. The van der Waals surface area contributed by atoms with E-state index >= 15 is 0 Å². The highest BCUT2D eigenvalue weighted by Crippen LogP contribution is 2.23. The molecule has 2 amide bonds. The van der Waals surface area contributed by atoms with Crippen LogP contribution in [-0.4, -0.2) is 99.4 Å². The highest BCUT2D eigenvalue weighted by molar-refractivity contribution is 5.98. The zero-order valence-electron chi connectivity index (χ0n) is 23.4. The molecule has 0 radical (unpaired) electrons. The number of piperidine rings is 1. The van der Waals surface area contributed by atoms with Crippen LogP contribution in [0.15, 0.2) is 54.9 Å². The van der Waals surface area contributed by atoms with Crippen molar-refractivity contribution in [2.45, 2.75) is 25.7 Å². The first-order valence-electron chi connectivity index (χ1n) is 14.3. The van der Waals surface area contributed by atoms with Crippen molar-refractivity contribution in [1.82, 2.24) is 34.6 Å². The number of H-pyrrole nitrogens is 1. The third-order valence-electron chi connectivity index (χ3n) is 7.82. The molecule has 3 aromatic heterocycles. The van der Waals surface area contributed by atoms with E-state index in [0.29, 0.717) is 49.0 Å². The van der Waals surface area contributed by atoms with Gasteiger partial charge in [0.05, 0.1) is 17.9 Å². The van der Waals surface area contributed by atoms with Crippen LogP contribution in [0.2, 0.25) is 0 Å². The molecular weight excluding hydrogens is 518 g/mol. The predicted molar refractivity (Wildman–Crippen MR) is 156 cm³/mol. The van der Waals surface area contributed by atoms with Crippen LogP contribution in [0.3, 0.4) is 0 Å². The number of nitrogens with one attached hydrogen (secondary N) is 1. The van der Waals surface area contributed by atoms with Gasteiger partial charge >= 0.3 is 0 Å². The van der Waals surface area contributed by atoms with E-state index in [1.54, 1.807) is 12.4 Å². The van der Waals surface area contributed by atoms with Gasteiger partial charge in [0.15, 0.2) is 0 Å². The van der Waals surface area contributed by atoms with Crippen LogP contribution >= 0.6 is 0 Å². The fraction of sp³-hybridized carbons (Fsp3) is 0.387. The first-order valence-corrected chi connectivity index (χ1v) is 14.3. The van der Waals surface area contributed by atoms with E-state index in [1.165, 1.54) is 0 Å². The molecule has 4 aromatic rings. The van der Waals surface area contributed by atoms with Gasteiger partial charge in [-0.25, -0.2) is 9.97 Å². The second kappa shape index (κ2) is 12.1. The molecule has 1 N–H and O–H groups in total.